The van der Waals surface area contributed by atoms with Crippen LogP contribution in [0.3, 0.4) is 0 Å². The fourth-order valence-electron chi connectivity index (χ4n) is 1.61. The van der Waals surface area contributed by atoms with Crippen LogP contribution in [-0.2, 0) is 4.79 Å². The maximum atomic E-state index is 11.5. The van der Waals surface area contributed by atoms with Gasteiger partial charge in [-0.15, -0.1) is 0 Å². The van der Waals surface area contributed by atoms with Gasteiger partial charge in [-0.3, -0.25) is 10.2 Å². The van der Waals surface area contributed by atoms with Crippen molar-refractivity contribution in [3.05, 3.63) is 0 Å². The molecule has 1 rings (SSSR count). The zero-order chi connectivity index (χ0) is 9.84. The van der Waals surface area contributed by atoms with Gasteiger partial charge in [0.05, 0.1) is 6.04 Å². The normalized spacial score (nSPS) is 28.9. The lowest BCUT2D eigenvalue weighted by molar-refractivity contribution is -0.127. The number of carbonyl (C=O) groups excluding carboxylic acids is 1. The molecule has 0 aromatic heterocycles. The lowest BCUT2D eigenvalue weighted by atomic mass is 9.94. The molecule has 1 heterocycles. The number of hydrazine groups is 1. The van der Waals surface area contributed by atoms with Gasteiger partial charge in [-0.1, -0.05) is 6.92 Å². The Kier molecular flexibility index (Phi) is 3.69. The number of carbonyl (C=O) groups is 1. The van der Waals surface area contributed by atoms with Crippen molar-refractivity contribution in [1.82, 2.24) is 15.8 Å². The largest absolute Gasteiger partial charge is 0.306 e. The molecular weight excluding hydrogens is 166 g/mol. The SMILES string of the molecule is CC1CCNC(C(=O)NN(C)C)C1. The summed E-state index contributed by atoms with van der Waals surface area (Å²) in [5, 5.41) is 4.90. The maximum absolute atomic E-state index is 11.5. The van der Waals surface area contributed by atoms with Gasteiger partial charge in [0.15, 0.2) is 0 Å². The average Bonchev–Trinajstić information content (AvgIpc) is 2.03. The lowest BCUT2D eigenvalue weighted by Crippen LogP contribution is -2.51. The molecule has 1 saturated heterocycles. The van der Waals surface area contributed by atoms with E-state index in [0.717, 1.165) is 13.0 Å². The second-order valence-corrected chi connectivity index (χ2v) is 4.01. The van der Waals surface area contributed by atoms with Crippen molar-refractivity contribution in [3.63, 3.8) is 0 Å². The molecule has 0 radical (unpaired) electrons. The Bertz CT molecular complexity index is 182. The molecule has 2 unspecified atom stereocenters. The van der Waals surface area contributed by atoms with Crippen LogP contribution in [0, 0.1) is 5.92 Å². The molecule has 0 aliphatic carbocycles. The third-order valence-corrected chi connectivity index (χ3v) is 2.32. The van der Waals surface area contributed by atoms with Crippen molar-refractivity contribution in [1.29, 1.82) is 0 Å². The summed E-state index contributed by atoms with van der Waals surface area (Å²) < 4.78 is 0. The number of nitrogens with zero attached hydrogens (tertiary/aromatic N) is 1. The molecule has 4 nitrogen and oxygen atoms in total. The summed E-state index contributed by atoms with van der Waals surface area (Å²) in [7, 11) is 3.65. The van der Waals surface area contributed by atoms with Crippen LogP contribution in [0.2, 0.25) is 0 Å². The average molecular weight is 185 g/mol. The molecule has 1 aliphatic heterocycles. The fourth-order valence-corrected chi connectivity index (χ4v) is 1.61. The first-order chi connectivity index (χ1) is 6.09. The van der Waals surface area contributed by atoms with E-state index in [-0.39, 0.29) is 11.9 Å². The number of nitrogens with one attached hydrogen (secondary N) is 2. The van der Waals surface area contributed by atoms with Crippen LogP contribution in [0.1, 0.15) is 19.8 Å². The summed E-state index contributed by atoms with van der Waals surface area (Å²) in [6.45, 7) is 3.14. The van der Waals surface area contributed by atoms with Gasteiger partial charge >= 0.3 is 0 Å². The van der Waals surface area contributed by atoms with Crippen LogP contribution in [0.25, 0.3) is 0 Å². The number of rotatable bonds is 2. The van der Waals surface area contributed by atoms with Crippen LogP contribution >= 0.6 is 0 Å². The first-order valence-electron chi connectivity index (χ1n) is 4.81. The molecule has 2 atom stereocenters. The van der Waals surface area contributed by atoms with Gasteiger partial charge in [-0.25, -0.2) is 5.01 Å². The Hall–Kier alpha value is -0.610. The van der Waals surface area contributed by atoms with Gasteiger partial charge in [0.2, 0.25) is 0 Å². The van der Waals surface area contributed by atoms with Crippen LogP contribution in [0.4, 0.5) is 0 Å². The molecule has 0 bridgehead atoms. The predicted molar refractivity (Wildman–Crippen MR) is 52.0 cm³/mol. The van der Waals surface area contributed by atoms with E-state index < -0.39 is 0 Å². The van der Waals surface area contributed by atoms with Gasteiger partial charge in [0.25, 0.3) is 5.91 Å². The van der Waals surface area contributed by atoms with Crippen LogP contribution in [0.15, 0.2) is 0 Å². The van der Waals surface area contributed by atoms with Crippen LogP contribution in [0.5, 0.6) is 0 Å². The first-order valence-corrected chi connectivity index (χ1v) is 4.81. The van der Waals surface area contributed by atoms with E-state index in [9.17, 15) is 4.79 Å². The predicted octanol–water partition coefficient (Wildman–Crippen LogP) is -0.0327. The highest BCUT2D eigenvalue weighted by Crippen LogP contribution is 2.14. The molecule has 2 N–H and O–H groups in total. The minimum absolute atomic E-state index is 0.00819. The second kappa shape index (κ2) is 4.58. The molecule has 0 aromatic rings. The van der Waals surface area contributed by atoms with E-state index in [1.54, 1.807) is 5.01 Å². The molecular formula is C9H19N3O. The van der Waals surface area contributed by atoms with E-state index in [1.165, 1.54) is 6.42 Å². The molecule has 1 aliphatic rings. The van der Waals surface area contributed by atoms with Gasteiger partial charge in [0, 0.05) is 14.1 Å². The highest BCUT2D eigenvalue weighted by molar-refractivity contribution is 5.81. The zero-order valence-electron chi connectivity index (χ0n) is 8.63. The zero-order valence-corrected chi connectivity index (χ0v) is 8.63. The Morgan fingerprint density at radius 3 is 2.77 bits per heavy atom. The summed E-state index contributed by atoms with van der Waals surface area (Å²) >= 11 is 0. The van der Waals surface area contributed by atoms with E-state index in [2.05, 4.69) is 17.7 Å². The van der Waals surface area contributed by atoms with Crippen molar-refractivity contribution in [3.8, 4) is 0 Å². The number of hydrogen-bond acceptors (Lipinski definition) is 3. The Balaban J connectivity index is 2.37. The third-order valence-electron chi connectivity index (χ3n) is 2.32. The van der Waals surface area contributed by atoms with Crippen molar-refractivity contribution >= 4 is 5.91 Å². The third kappa shape index (κ3) is 3.32. The quantitative estimate of drug-likeness (QED) is 0.594. The topological polar surface area (TPSA) is 44.4 Å². The number of piperidine rings is 1. The molecule has 1 fully saturated rings. The minimum atomic E-state index is -0.00819. The summed E-state index contributed by atoms with van der Waals surface area (Å²) in [5.74, 6) is 0.732. The Morgan fingerprint density at radius 2 is 2.23 bits per heavy atom. The van der Waals surface area contributed by atoms with E-state index in [4.69, 9.17) is 0 Å². The van der Waals surface area contributed by atoms with Crippen molar-refractivity contribution in [2.45, 2.75) is 25.8 Å². The van der Waals surface area contributed by atoms with Gasteiger partial charge in [0.1, 0.15) is 0 Å². The van der Waals surface area contributed by atoms with Crippen LogP contribution in [-0.4, -0.2) is 37.6 Å². The van der Waals surface area contributed by atoms with Gasteiger partial charge in [-0.2, -0.15) is 0 Å². The van der Waals surface area contributed by atoms with Gasteiger partial charge < -0.3 is 5.32 Å². The fraction of sp³-hybridized carbons (Fsp3) is 0.889. The molecule has 13 heavy (non-hydrogen) atoms. The minimum Gasteiger partial charge on any atom is -0.306 e. The molecule has 4 heteroatoms. The molecule has 76 valence electrons. The van der Waals surface area contributed by atoms with E-state index >= 15 is 0 Å². The maximum Gasteiger partial charge on any atom is 0.251 e. The van der Waals surface area contributed by atoms with E-state index in [0.29, 0.717) is 5.92 Å². The highest BCUT2D eigenvalue weighted by atomic mass is 16.2. The summed E-state index contributed by atoms with van der Waals surface area (Å²) in [5.41, 5.74) is 2.76. The number of amides is 1. The Morgan fingerprint density at radius 1 is 1.54 bits per heavy atom. The second-order valence-electron chi connectivity index (χ2n) is 4.01. The standard InChI is InChI=1S/C9H19N3O/c1-7-4-5-10-8(6-7)9(13)11-12(2)3/h7-8,10H,4-6H2,1-3H3,(H,11,13). The first kappa shape index (κ1) is 10.5. The number of hydrogen-bond donors (Lipinski definition) is 2. The molecule has 0 spiro atoms. The van der Waals surface area contributed by atoms with Crippen LogP contribution < -0.4 is 10.7 Å². The highest BCUT2D eigenvalue weighted by Gasteiger charge is 2.24. The van der Waals surface area contributed by atoms with Crippen molar-refractivity contribution in [2.24, 2.45) is 5.92 Å². The van der Waals surface area contributed by atoms with Gasteiger partial charge in [-0.05, 0) is 25.3 Å². The van der Waals surface area contributed by atoms with Crippen molar-refractivity contribution in [2.75, 3.05) is 20.6 Å². The summed E-state index contributed by atoms with van der Waals surface area (Å²) in [6.07, 6.45) is 2.12. The lowest BCUT2D eigenvalue weighted by Gasteiger charge is -2.28. The summed E-state index contributed by atoms with van der Waals surface area (Å²) in [6, 6.07) is -0.00819. The molecule has 0 aromatic carbocycles. The Labute approximate surface area is 79.6 Å². The molecule has 0 saturated carbocycles. The monoisotopic (exact) mass is 185 g/mol. The molecule has 1 amide bonds. The van der Waals surface area contributed by atoms with Crippen molar-refractivity contribution < 1.29 is 4.79 Å². The smallest absolute Gasteiger partial charge is 0.251 e. The summed E-state index contributed by atoms with van der Waals surface area (Å²) in [4.78, 5) is 11.5. The van der Waals surface area contributed by atoms with E-state index in [1.807, 2.05) is 14.1 Å².